The molecule has 31 heavy (non-hydrogen) atoms. The minimum absolute atomic E-state index is 0.00131. The molecule has 1 N–H and O–H groups in total. The zero-order chi connectivity index (χ0) is 23.0. The van der Waals surface area contributed by atoms with Crippen LogP contribution in [0.3, 0.4) is 0 Å². The van der Waals surface area contributed by atoms with Gasteiger partial charge in [-0.1, -0.05) is 59.0 Å². The van der Waals surface area contributed by atoms with Crippen LogP contribution in [0.4, 0.5) is 0 Å². The van der Waals surface area contributed by atoms with Gasteiger partial charge in [0.25, 0.3) is 5.91 Å². The predicted molar refractivity (Wildman–Crippen MR) is 129 cm³/mol. The average molecular weight is 530 g/mol. The van der Waals surface area contributed by atoms with Crippen molar-refractivity contribution in [3.05, 3.63) is 62.5 Å². The zero-order valence-corrected chi connectivity index (χ0v) is 20.9. The molecule has 2 aromatic rings. The number of ether oxygens (including phenoxy) is 1. The predicted octanol–water partition coefficient (Wildman–Crippen LogP) is 5.86. The van der Waals surface area contributed by atoms with E-state index < -0.39 is 6.04 Å². The minimum atomic E-state index is -0.678. The van der Waals surface area contributed by atoms with Crippen molar-refractivity contribution in [3.63, 3.8) is 0 Å². The number of rotatable bonds is 10. The number of amides is 2. The monoisotopic (exact) mass is 528 g/mol. The fraction of sp³-hybridized carbons (Fsp3) is 0.391. The standard InChI is InChI=1S/C23H27BrCl2N2O3/c1-4-15(3)27-23(30)21(5-2)28(13-18-19(25)7-6-8-20(18)26)22(29)14-31-17-11-9-16(24)10-12-17/h6-12,15,21H,4-5,13-14H2,1-3H3,(H,27,30)/t15-,21-/m1/s1. The molecule has 0 saturated carbocycles. The summed E-state index contributed by atoms with van der Waals surface area (Å²) in [6.45, 7) is 5.68. The lowest BCUT2D eigenvalue weighted by atomic mass is 10.1. The summed E-state index contributed by atoms with van der Waals surface area (Å²) in [6, 6.07) is 11.7. The highest BCUT2D eigenvalue weighted by molar-refractivity contribution is 9.10. The first-order chi connectivity index (χ1) is 14.8. The van der Waals surface area contributed by atoms with Crippen LogP contribution in [0.25, 0.3) is 0 Å². The van der Waals surface area contributed by atoms with Gasteiger partial charge in [-0.05, 0) is 56.2 Å². The number of halogens is 3. The van der Waals surface area contributed by atoms with Gasteiger partial charge in [-0.25, -0.2) is 0 Å². The van der Waals surface area contributed by atoms with Crippen molar-refractivity contribution >= 4 is 50.9 Å². The van der Waals surface area contributed by atoms with E-state index in [1.54, 1.807) is 30.3 Å². The minimum Gasteiger partial charge on any atom is -0.484 e. The van der Waals surface area contributed by atoms with E-state index in [9.17, 15) is 9.59 Å². The van der Waals surface area contributed by atoms with E-state index in [2.05, 4.69) is 21.2 Å². The van der Waals surface area contributed by atoms with Crippen LogP contribution in [-0.2, 0) is 16.1 Å². The number of nitrogens with zero attached hydrogens (tertiary/aromatic N) is 1. The molecule has 0 aliphatic heterocycles. The molecule has 0 bridgehead atoms. The molecule has 0 unspecified atom stereocenters. The van der Waals surface area contributed by atoms with E-state index in [0.29, 0.717) is 27.8 Å². The first-order valence-corrected chi connectivity index (χ1v) is 11.7. The summed E-state index contributed by atoms with van der Waals surface area (Å²) in [5.41, 5.74) is 0.595. The van der Waals surface area contributed by atoms with Crippen molar-refractivity contribution in [3.8, 4) is 5.75 Å². The van der Waals surface area contributed by atoms with Gasteiger partial charge in [0.2, 0.25) is 5.91 Å². The molecular weight excluding hydrogens is 503 g/mol. The first-order valence-electron chi connectivity index (χ1n) is 10.2. The second-order valence-electron chi connectivity index (χ2n) is 7.21. The lowest BCUT2D eigenvalue weighted by molar-refractivity contribution is -0.143. The summed E-state index contributed by atoms with van der Waals surface area (Å²) in [6.07, 6.45) is 1.23. The number of carbonyl (C=O) groups excluding carboxylic acids is 2. The highest BCUT2D eigenvalue weighted by Crippen LogP contribution is 2.27. The molecule has 0 fully saturated rings. The molecule has 0 aliphatic carbocycles. The fourth-order valence-electron chi connectivity index (χ4n) is 2.97. The Bertz CT molecular complexity index is 873. The van der Waals surface area contributed by atoms with Gasteiger partial charge in [0.05, 0.1) is 0 Å². The molecule has 8 heteroatoms. The normalized spacial score (nSPS) is 12.7. The van der Waals surface area contributed by atoms with Gasteiger partial charge < -0.3 is 15.0 Å². The maximum Gasteiger partial charge on any atom is 0.261 e. The third-order valence-electron chi connectivity index (χ3n) is 4.95. The van der Waals surface area contributed by atoms with Gasteiger partial charge in [-0.15, -0.1) is 0 Å². The van der Waals surface area contributed by atoms with E-state index >= 15 is 0 Å². The van der Waals surface area contributed by atoms with Crippen LogP contribution in [0.15, 0.2) is 46.9 Å². The molecular formula is C23H27BrCl2N2O3. The van der Waals surface area contributed by atoms with Crippen molar-refractivity contribution < 1.29 is 14.3 Å². The summed E-state index contributed by atoms with van der Waals surface area (Å²) in [5.74, 6) is 0.0199. The summed E-state index contributed by atoms with van der Waals surface area (Å²) in [7, 11) is 0. The Morgan fingerprint density at radius 2 is 1.68 bits per heavy atom. The maximum atomic E-state index is 13.2. The Labute approximate surface area is 202 Å². The Balaban J connectivity index is 2.27. The number of benzene rings is 2. The number of nitrogens with one attached hydrogen (secondary N) is 1. The Morgan fingerprint density at radius 1 is 1.06 bits per heavy atom. The van der Waals surface area contributed by atoms with Crippen molar-refractivity contribution in [2.75, 3.05) is 6.61 Å². The SMILES string of the molecule is CC[C@@H](C)NC(=O)[C@@H](CC)N(Cc1c(Cl)cccc1Cl)C(=O)COc1ccc(Br)cc1. The van der Waals surface area contributed by atoms with Crippen LogP contribution >= 0.6 is 39.1 Å². The van der Waals surface area contributed by atoms with Crippen LogP contribution < -0.4 is 10.1 Å². The smallest absolute Gasteiger partial charge is 0.261 e. The summed E-state index contributed by atoms with van der Waals surface area (Å²) < 4.78 is 6.58. The highest BCUT2D eigenvalue weighted by atomic mass is 79.9. The summed E-state index contributed by atoms with van der Waals surface area (Å²) >= 11 is 16.1. The number of hydrogen-bond donors (Lipinski definition) is 1. The van der Waals surface area contributed by atoms with E-state index in [-0.39, 0.29) is 31.0 Å². The largest absolute Gasteiger partial charge is 0.484 e. The molecule has 0 heterocycles. The number of hydrogen-bond acceptors (Lipinski definition) is 3. The highest BCUT2D eigenvalue weighted by Gasteiger charge is 2.30. The molecule has 168 valence electrons. The van der Waals surface area contributed by atoms with Crippen LogP contribution in [0, 0.1) is 0 Å². The fourth-order valence-corrected chi connectivity index (χ4v) is 3.75. The van der Waals surface area contributed by atoms with Gasteiger partial charge in [0.1, 0.15) is 11.8 Å². The van der Waals surface area contributed by atoms with E-state index in [4.69, 9.17) is 27.9 Å². The van der Waals surface area contributed by atoms with Gasteiger partial charge >= 0.3 is 0 Å². The van der Waals surface area contributed by atoms with Crippen molar-refractivity contribution in [2.45, 2.75) is 52.2 Å². The van der Waals surface area contributed by atoms with Gasteiger partial charge in [-0.2, -0.15) is 0 Å². The maximum absolute atomic E-state index is 13.2. The average Bonchev–Trinajstić information content (AvgIpc) is 2.74. The number of carbonyl (C=O) groups is 2. The quantitative estimate of drug-likeness (QED) is 0.419. The van der Waals surface area contributed by atoms with E-state index in [0.717, 1.165) is 10.9 Å². The molecule has 0 aliphatic rings. The van der Waals surface area contributed by atoms with Gasteiger partial charge in [0, 0.05) is 32.7 Å². The molecule has 2 atom stereocenters. The molecule has 0 saturated heterocycles. The second-order valence-corrected chi connectivity index (χ2v) is 8.94. The lowest BCUT2D eigenvalue weighted by Crippen LogP contribution is -2.51. The molecule has 0 aromatic heterocycles. The molecule has 5 nitrogen and oxygen atoms in total. The third-order valence-corrected chi connectivity index (χ3v) is 6.19. The van der Waals surface area contributed by atoms with Crippen LogP contribution in [0.5, 0.6) is 5.75 Å². The van der Waals surface area contributed by atoms with Gasteiger partial charge in [0.15, 0.2) is 6.61 Å². The van der Waals surface area contributed by atoms with Crippen molar-refractivity contribution in [1.82, 2.24) is 10.2 Å². The van der Waals surface area contributed by atoms with Crippen LogP contribution in [0.2, 0.25) is 10.0 Å². The summed E-state index contributed by atoms with van der Waals surface area (Å²) in [4.78, 5) is 27.6. The molecule has 0 spiro atoms. The Kier molecular flexibility index (Phi) is 10.1. The van der Waals surface area contributed by atoms with Crippen LogP contribution in [-0.4, -0.2) is 35.4 Å². The van der Waals surface area contributed by atoms with Crippen molar-refractivity contribution in [2.24, 2.45) is 0 Å². The Morgan fingerprint density at radius 3 is 2.23 bits per heavy atom. The zero-order valence-electron chi connectivity index (χ0n) is 17.8. The van der Waals surface area contributed by atoms with Crippen molar-refractivity contribution in [1.29, 1.82) is 0 Å². The Hall–Kier alpha value is -1.76. The third kappa shape index (κ3) is 7.41. The van der Waals surface area contributed by atoms with Gasteiger partial charge in [-0.3, -0.25) is 9.59 Å². The summed E-state index contributed by atoms with van der Waals surface area (Å²) in [5, 5.41) is 3.85. The lowest BCUT2D eigenvalue weighted by Gasteiger charge is -2.31. The topological polar surface area (TPSA) is 58.6 Å². The van der Waals surface area contributed by atoms with E-state index in [1.807, 2.05) is 32.9 Å². The van der Waals surface area contributed by atoms with E-state index in [1.165, 1.54) is 4.90 Å². The molecule has 2 aromatic carbocycles. The van der Waals surface area contributed by atoms with Crippen LogP contribution in [0.1, 0.15) is 39.2 Å². The molecule has 0 radical (unpaired) electrons. The first kappa shape index (κ1) is 25.5. The molecule has 2 rings (SSSR count). The molecule has 2 amide bonds. The second kappa shape index (κ2) is 12.3.